The van der Waals surface area contributed by atoms with Crippen LogP contribution in [-0.2, 0) is 0 Å². The highest BCUT2D eigenvalue weighted by Gasteiger charge is 2.19. The quantitative estimate of drug-likeness (QED) is 0.177. The molecule has 3 nitrogen and oxygen atoms in total. The number of benzene rings is 9. The highest BCUT2D eigenvalue weighted by Crippen LogP contribution is 2.43. The molecule has 3 heteroatoms. The number of para-hydroxylation sites is 2. The van der Waals surface area contributed by atoms with Crippen LogP contribution in [0.15, 0.2) is 185 Å². The van der Waals surface area contributed by atoms with Gasteiger partial charge in [0.2, 0.25) is 0 Å². The molecule has 0 fully saturated rings. The van der Waals surface area contributed by atoms with Crippen LogP contribution in [0, 0.1) is 0 Å². The van der Waals surface area contributed by atoms with Crippen molar-refractivity contribution in [2.75, 3.05) is 4.90 Å². The summed E-state index contributed by atoms with van der Waals surface area (Å²) in [6.45, 7) is 0. The van der Waals surface area contributed by atoms with Crippen molar-refractivity contribution in [2.24, 2.45) is 0 Å². The van der Waals surface area contributed by atoms with Gasteiger partial charge in [-0.2, -0.15) is 0 Å². The van der Waals surface area contributed by atoms with Gasteiger partial charge in [-0.25, -0.2) is 0 Å². The first kappa shape index (κ1) is 28.0. The van der Waals surface area contributed by atoms with Gasteiger partial charge in [-0.15, -0.1) is 0 Å². The highest BCUT2D eigenvalue weighted by atomic mass is 16.3. The first-order chi connectivity index (χ1) is 25.3. The molecule has 51 heavy (non-hydrogen) atoms. The molecule has 0 unspecified atom stereocenters. The molecular formula is C48H29NO2. The molecule has 11 rings (SSSR count). The lowest BCUT2D eigenvalue weighted by atomic mass is 9.90. The molecule has 0 bridgehead atoms. The molecule has 2 aromatic heterocycles. The van der Waals surface area contributed by atoms with Crippen molar-refractivity contribution in [1.29, 1.82) is 0 Å². The van der Waals surface area contributed by atoms with Crippen molar-refractivity contribution in [3.8, 4) is 11.1 Å². The van der Waals surface area contributed by atoms with Gasteiger partial charge in [-0.05, 0) is 98.0 Å². The molecule has 0 radical (unpaired) electrons. The van der Waals surface area contributed by atoms with Gasteiger partial charge in [-0.3, -0.25) is 0 Å². The fourth-order valence-corrected chi connectivity index (χ4v) is 8.05. The van der Waals surface area contributed by atoms with Crippen LogP contribution >= 0.6 is 0 Å². The number of hydrogen-bond acceptors (Lipinski definition) is 3. The van der Waals surface area contributed by atoms with E-state index in [2.05, 4.69) is 157 Å². The van der Waals surface area contributed by atoms with E-state index < -0.39 is 0 Å². The predicted molar refractivity (Wildman–Crippen MR) is 214 cm³/mol. The van der Waals surface area contributed by atoms with E-state index in [0.29, 0.717) is 0 Å². The van der Waals surface area contributed by atoms with E-state index in [9.17, 15) is 0 Å². The van der Waals surface area contributed by atoms with Crippen LogP contribution in [0.1, 0.15) is 0 Å². The van der Waals surface area contributed by atoms with Gasteiger partial charge in [0.25, 0.3) is 0 Å². The molecule has 11 aromatic rings. The second kappa shape index (κ2) is 10.8. The van der Waals surface area contributed by atoms with Crippen molar-refractivity contribution in [2.45, 2.75) is 0 Å². The fraction of sp³-hybridized carbons (Fsp3) is 0. The summed E-state index contributed by atoms with van der Waals surface area (Å²) in [5, 5.41) is 12.0. The molecule has 0 aliphatic rings. The molecule has 0 saturated carbocycles. The summed E-state index contributed by atoms with van der Waals surface area (Å²) in [7, 11) is 0. The third-order valence-electron chi connectivity index (χ3n) is 10.4. The first-order valence-electron chi connectivity index (χ1n) is 17.3. The minimum Gasteiger partial charge on any atom is -0.456 e. The average Bonchev–Trinajstić information content (AvgIpc) is 3.75. The zero-order valence-corrected chi connectivity index (χ0v) is 27.5. The topological polar surface area (TPSA) is 29.5 Å². The minimum atomic E-state index is 0.856. The Morgan fingerprint density at radius 2 is 0.804 bits per heavy atom. The standard InChI is InChI=1S/C48H29NO2/c1-4-12-37-30(9-1)19-24-42-36-11-3-2-10-32(36)27-43(48(37)42)31-17-20-33(21-18-31)49(34-22-25-40-38-13-5-7-15-44(38)50-46(40)28-34)35-23-26-41-39-14-6-8-16-45(39)51-47(41)29-35/h1-29H. The van der Waals surface area contributed by atoms with E-state index in [4.69, 9.17) is 8.83 Å². The number of anilines is 3. The zero-order chi connectivity index (χ0) is 33.5. The van der Waals surface area contributed by atoms with E-state index in [-0.39, 0.29) is 0 Å². The smallest absolute Gasteiger partial charge is 0.137 e. The number of furan rings is 2. The van der Waals surface area contributed by atoms with E-state index in [1.54, 1.807) is 0 Å². The Bertz CT molecular complexity index is 3030. The van der Waals surface area contributed by atoms with Crippen molar-refractivity contribution >= 4 is 93.3 Å². The Balaban J connectivity index is 1.11. The maximum Gasteiger partial charge on any atom is 0.137 e. The Hall–Kier alpha value is -6.84. The lowest BCUT2D eigenvalue weighted by Crippen LogP contribution is -2.09. The Labute approximate surface area is 293 Å². The molecule has 0 N–H and O–H groups in total. The number of rotatable bonds is 4. The lowest BCUT2D eigenvalue weighted by Gasteiger charge is -2.25. The first-order valence-corrected chi connectivity index (χ1v) is 17.3. The molecule has 2 heterocycles. The maximum atomic E-state index is 6.37. The second-order valence-electron chi connectivity index (χ2n) is 13.3. The molecular weight excluding hydrogens is 623 g/mol. The van der Waals surface area contributed by atoms with Gasteiger partial charge in [0.05, 0.1) is 0 Å². The number of hydrogen-bond donors (Lipinski definition) is 0. The van der Waals surface area contributed by atoms with E-state index in [1.807, 2.05) is 24.3 Å². The zero-order valence-electron chi connectivity index (χ0n) is 27.5. The van der Waals surface area contributed by atoms with Crippen LogP contribution in [0.25, 0.3) is 87.3 Å². The summed E-state index contributed by atoms with van der Waals surface area (Å²) in [6.07, 6.45) is 0. The molecule has 238 valence electrons. The van der Waals surface area contributed by atoms with Crippen molar-refractivity contribution in [3.63, 3.8) is 0 Å². The van der Waals surface area contributed by atoms with E-state index in [0.717, 1.165) is 60.9 Å². The largest absolute Gasteiger partial charge is 0.456 e. The summed E-state index contributed by atoms with van der Waals surface area (Å²) in [4.78, 5) is 2.29. The van der Waals surface area contributed by atoms with Crippen molar-refractivity contribution < 1.29 is 8.83 Å². The number of nitrogens with zero attached hydrogens (tertiary/aromatic N) is 1. The van der Waals surface area contributed by atoms with Gasteiger partial charge in [0.1, 0.15) is 22.3 Å². The summed E-state index contributed by atoms with van der Waals surface area (Å²) in [6, 6.07) is 62.7. The monoisotopic (exact) mass is 651 g/mol. The third kappa shape index (κ3) is 4.32. The average molecular weight is 652 g/mol. The normalized spacial score (nSPS) is 11.9. The van der Waals surface area contributed by atoms with Crippen LogP contribution in [0.2, 0.25) is 0 Å². The Kier molecular flexibility index (Phi) is 5.96. The number of fused-ring (bicyclic) bond motifs is 11. The van der Waals surface area contributed by atoms with Gasteiger partial charge in [0, 0.05) is 50.7 Å². The van der Waals surface area contributed by atoms with Crippen LogP contribution in [0.4, 0.5) is 17.1 Å². The Morgan fingerprint density at radius 3 is 1.45 bits per heavy atom. The van der Waals surface area contributed by atoms with Gasteiger partial charge >= 0.3 is 0 Å². The van der Waals surface area contributed by atoms with Crippen LogP contribution < -0.4 is 4.90 Å². The lowest BCUT2D eigenvalue weighted by molar-refractivity contribution is 0.669. The summed E-state index contributed by atoms with van der Waals surface area (Å²) in [5.74, 6) is 0. The van der Waals surface area contributed by atoms with Crippen LogP contribution in [0.5, 0.6) is 0 Å². The Morgan fingerprint density at radius 1 is 0.314 bits per heavy atom. The summed E-state index contributed by atoms with van der Waals surface area (Å²) >= 11 is 0. The maximum absolute atomic E-state index is 6.37. The molecule has 0 aliphatic heterocycles. The fourth-order valence-electron chi connectivity index (χ4n) is 8.05. The summed E-state index contributed by atoms with van der Waals surface area (Å²) in [5.41, 5.74) is 8.94. The predicted octanol–water partition coefficient (Wildman–Crippen LogP) is 14.1. The van der Waals surface area contributed by atoms with Gasteiger partial charge < -0.3 is 13.7 Å². The van der Waals surface area contributed by atoms with Crippen molar-refractivity contribution in [1.82, 2.24) is 0 Å². The minimum absolute atomic E-state index is 0.856. The molecule has 0 spiro atoms. The molecule has 0 amide bonds. The van der Waals surface area contributed by atoms with Crippen LogP contribution in [-0.4, -0.2) is 0 Å². The van der Waals surface area contributed by atoms with E-state index in [1.165, 1.54) is 43.4 Å². The molecule has 0 aliphatic carbocycles. The molecule has 0 atom stereocenters. The SMILES string of the molecule is c1ccc2c(c1)cc(-c1ccc(N(c3ccc4c(c3)oc3ccccc34)c3ccc4c(c3)oc3ccccc34)cc1)c1c3ccccc3ccc21. The van der Waals surface area contributed by atoms with E-state index >= 15 is 0 Å². The molecule has 9 aromatic carbocycles. The van der Waals surface area contributed by atoms with Gasteiger partial charge in [0.15, 0.2) is 0 Å². The van der Waals surface area contributed by atoms with Gasteiger partial charge in [-0.1, -0.05) is 109 Å². The highest BCUT2D eigenvalue weighted by molar-refractivity contribution is 6.23. The third-order valence-corrected chi connectivity index (χ3v) is 10.4. The van der Waals surface area contributed by atoms with Crippen LogP contribution in [0.3, 0.4) is 0 Å². The molecule has 0 saturated heterocycles. The summed E-state index contributed by atoms with van der Waals surface area (Å²) < 4.78 is 12.7. The second-order valence-corrected chi connectivity index (χ2v) is 13.3. The van der Waals surface area contributed by atoms with Crippen molar-refractivity contribution in [3.05, 3.63) is 176 Å².